The predicted octanol–water partition coefficient (Wildman–Crippen LogP) is 1.73. The fourth-order valence-corrected chi connectivity index (χ4v) is 2.40. The largest absolute Gasteiger partial charge is 0.326 e. The van der Waals surface area contributed by atoms with Gasteiger partial charge in [0.2, 0.25) is 0 Å². The molecule has 0 unspecified atom stereocenters. The third kappa shape index (κ3) is 2.62. The summed E-state index contributed by atoms with van der Waals surface area (Å²) in [5.74, 6) is 0. The first-order valence-electron chi connectivity index (χ1n) is 5.01. The molecule has 0 saturated heterocycles. The van der Waals surface area contributed by atoms with E-state index in [2.05, 4.69) is 10.1 Å². The van der Waals surface area contributed by atoms with Gasteiger partial charge in [-0.25, -0.2) is 4.98 Å². The number of nitrogens with zero attached hydrogens (tertiary/aromatic N) is 3. The minimum atomic E-state index is 0.546. The number of aryl methyl sites for hydroxylation is 2. The van der Waals surface area contributed by atoms with Crippen molar-refractivity contribution in [2.45, 2.75) is 23.4 Å². The van der Waals surface area contributed by atoms with Gasteiger partial charge in [0.1, 0.15) is 5.03 Å². The van der Waals surface area contributed by atoms with Gasteiger partial charge in [0.05, 0.1) is 11.1 Å². The number of rotatable bonds is 3. The second-order valence-electron chi connectivity index (χ2n) is 3.61. The minimum absolute atomic E-state index is 0.546. The van der Waals surface area contributed by atoms with Crippen LogP contribution in [0.15, 0.2) is 34.4 Å². The first-order chi connectivity index (χ1) is 7.67. The van der Waals surface area contributed by atoms with E-state index < -0.39 is 0 Å². The molecule has 0 amide bonds. The molecule has 84 valence electrons. The Morgan fingerprint density at radius 3 is 2.88 bits per heavy atom. The molecule has 16 heavy (non-hydrogen) atoms. The van der Waals surface area contributed by atoms with Crippen molar-refractivity contribution in [2.75, 3.05) is 0 Å². The zero-order valence-electron chi connectivity index (χ0n) is 9.34. The average Bonchev–Trinajstić information content (AvgIpc) is 2.63. The van der Waals surface area contributed by atoms with Gasteiger partial charge in [0.25, 0.3) is 0 Å². The van der Waals surface area contributed by atoms with E-state index in [0.29, 0.717) is 6.54 Å². The minimum Gasteiger partial charge on any atom is -0.326 e. The van der Waals surface area contributed by atoms with E-state index in [1.54, 1.807) is 16.4 Å². The van der Waals surface area contributed by atoms with E-state index in [4.69, 9.17) is 5.73 Å². The van der Waals surface area contributed by atoms with Gasteiger partial charge in [-0.05, 0) is 24.6 Å². The van der Waals surface area contributed by atoms with Crippen molar-refractivity contribution in [3.05, 3.63) is 35.8 Å². The van der Waals surface area contributed by atoms with E-state index in [9.17, 15) is 0 Å². The first-order valence-corrected chi connectivity index (χ1v) is 5.83. The summed E-state index contributed by atoms with van der Waals surface area (Å²) in [6.45, 7) is 2.52. The summed E-state index contributed by atoms with van der Waals surface area (Å²) in [4.78, 5) is 5.54. The lowest BCUT2D eigenvalue weighted by atomic mass is 10.2. The van der Waals surface area contributed by atoms with Gasteiger partial charge in [0, 0.05) is 25.5 Å². The molecule has 0 spiro atoms. The molecule has 0 aromatic carbocycles. The fourth-order valence-electron chi connectivity index (χ4n) is 1.45. The second kappa shape index (κ2) is 4.67. The molecule has 2 rings (SSSR count). The number of nitrogens with two attached hydrogens (primary N) is 1. The van der Waals surface area contributed by atoms with Gasteiger partial charge < -0.3 is 5.73 Å². The van der Waals surface area contributed by atoms with Crippen LogP contribution in [0.4, 0.5) is 0 Å². The number of hydrogen-bond acceptors (Lipinski definition) is 4. The summed E-state index contributed by atoms with van der Waals surface area (Å²) in [5, 5.41) is 5.09. The van der Waals surface area contributed by atoms with Crippen LogP contribution >= 0.6 is 11.8 Å². The zero-order valence-corrected chi connectivity index (χ0v) is 10.2. The Hall–Kier alpha value is -1.33. The molecule has 5 heteroatoms. The lowest BCUT2D eigenvalue weighted by molar-refractivity contribution is 0.766. The molecular formula is C11H14N4S. The second-order valence-corrected chi connectivity index (χ2v) is 4.70. The monoisotopic (exact) mass is 234 g/mol. The van der Waals surface area contributed by atoms with Crippen molar-refractivity contribution >= 4 is 11.8 Å². The van der Waals surface area contributed by atoms with Crippen molar-refractivity contribution in [1.82, 2.24) is 14.8 Å². The molecule has 4 nitrogen and oxygen atoms in total. The molecule has 0 bridgehead atoms. The topological polar surface area (TPSA) is 56.7 Å². The molecule has 0 radical (unpaired) electrons. The van der Waals surface area contributed by atoms with Gasteiger partial charge in [-0.2, -0.15) is 5.10 Å². The van der Waals surface area contributed by atoms with Crippen LogP contribution in [-0.4, -0.2) is 14.8 Å². The normalized spacial score (nSPS) is 10.7. The molecule has 0 atom stereocenters. The van der Waals surface area contributed by atoms with E-state index in [1.165, 1.54) is 0 Å². The standard InChI is InChI=1S/C11H14N4S/c1-8-3-9(5-12)4-11(14-8)16-10-6-13-15(2)7-10/h3-4,6-7H,5,12H2,1-2H3. The van der Waals surface area contributed by atoms with Crippen molar-refractivity contribution in [1.29, 1.82) is 0 Å². The fraction of sp³-hybridized carbons (Fsp3) is 0.273. The Kier molecular flexibility index (Phi) is 3.26. The van der Waals surface area contributed by atoms with Gasteiger partial charge >= 0.3 is 0 Å². The Bertz CT molecular complexity index is 492. The van der Waals surface area contributed by atoms with E-state index in [0.717, 1.165) is 21.2 Å². The molecule has 0 aliphatic carbocycles. The number of aromatic nitrogens is 3. The Morgan fingerprint density at radius 1 is 1.44 bits per heavy atom. The van der Waals surface area contributed by atoms with Crippen LogP contribution in [0.5, 0.6) is 0 Å². The Labute approximate surface area is 98.9 Å². The highest BCUT2D eigenvalue weighted by atomic mass is 32.2. The summed E-state index contributed by atoms with van der Waals surface area (Å²) < 4.78 is 1.78. The third-order valence-corrected chi connectivity index (χ3v) is 2.99. The van der Waals surface area contributed by atoms with Gasteiger partial charge in [-0.1, -0.05) is 11.8 Å². The SMILES string of the molecule is Cc1cc(CN)cc(Sc2cnn(C)c2)n1. The van der Waals surface area contributed by atoms with Crippen molar-refractivity contribution in [3.63, 3.8) is 0 Å². The van der Waals surface area contributed by atoms with Gasteiger partial charge in [0.15, 0.2) is 0 Å². The van der Waals surface area contributed by atoms with Crippen molar-refractivity contribution < 1.29 is 0 Å². The van der Waals surface area contributed by atoms with Crippen LogP contribution in [-0.2, 0) is 13.6 Å². The maximum absolute atomic E-state index is 5.63. The van der Waals surface area contributed by atoms with E-state index in [-0.39, 0.29) is 0 Å². The van der Waals surface area contributed by atoms with Crippen molar-refractivity contribution in [3.8, 4) is 0 Å². The van der Waals surface area contributed by atoms with E-state index in [1.807, 2.05) is 38.5 Å². The smallest absolute Gasteiger partial charge is 0.101 e. The first kappa shape index (κ1) is 11.2. The molecule has 2 heterocycles. The van der Waals surface area contributed by atoms with Gasteiger partial charge in [-0.3, -0.25) is 4.68 Å². The summed E-state index contributed by atoms with van der Waals surface area (Å²) in [7, 11) is 1.90. The maximum atomic E-state index is 5.63. The average molecular weight is 234 g/mol. The lowest BCUT2D eigenvalue weighted by Crippen LogP contribution is -1.98. The highest BCUT2D eigenvalue weighted by Gasteiger charge is 2.03. The number of hydrogen-bond donors (Lipinski definition) is 1. The summed E-state index contributed by atoms with van der Waals surface area (Å²) in [5.41, 5.74) is 7.74. The molecule has 0 aliphatic heterocycles. The molecule has 2 aromatic heterocycles. The lowest BCUT2D eigenvalue weighted by Gasteiger charge is -2.03. The Balaban J connectivity index is 2.24. The quantitative estimate of drug-likeness (QED) is 0.878. The van der Waals surface area contributed by atoms with Crippen LogP contribution in [0, 0.1) is 6.92 Å². The van der Waals surface area contributed by atoms with Crippen LogP contribution in [0.2, 0.25) is 0 Å². The van der Waals surface area contributed by atoms with E-state index >= 15 is 0 Å². The molecule has 2 aromatic rings. The summed E-state index contributed by atoms with van der Waals surface area (Å²) in [6, 6.07) is 4.03. The number of pyridine rings is 1. The highest BCUT2D eigenvalue weighted by Crippen LogP contribution is 2.26. The summed E-state index contributed by atoms with van der Waals surface area (Å²) in [6.07, 6.45) is 3.80. The predicted molar refractivity (Wildman–Crippen MR) is 64.2 cm³/mol. The third-order valence-electron chi connectivity index (χ3n) is 2.13. The Morgan fingerprint density at radius 2 is 2.25 bits per heavy atom. The summed E-state index contributed by atoms with van der Waals surface area (Å²) >= 11 is 1.60. The molecule has 0 saturated carbocycles. The van der Waals surface area contributed by atoms with Crippen LogP contribution in [0.25, 0.3) is 0 Å². The molecule has 0 aliphatic rings. The molecule has 2 N–H and O–H groups in total. The highest BCUT2D eigenvalue weighted by molar-refractivity contribution is 7.99. The molecular weight excluding hydrogens is 220 g/mol. The van der Waals surface area contributed by atoms with Crippen LogP contribution in [0.1, 0.15) is 11.3 Å². The molecule has 0 fully saturated rings. The van der Waals surface area contributed by atoms with Crippen LogP contribution < -0.4 is 5.73 Å². The van der Waals surface area contributed by atoms with Gasteiger partial charge in [-0.15, -0.1) is 0 Å². The van der Waals surface area contributed by atoms with Crippen LogP contribution in [0.3, 0.4) is 0 Å². The zero-order chi connectivity index (χ0) is 11.5. The van der Waals surface area contributed by atoms with Crippen molar-refractivity contribution in [2.24, 2.45) is 12.8 Å². The maximum Gasteiger partial charge on any atom is 0.101 e.